The summed E-state index contributed by atoms with van der Waals surface area (Å²) in [7, 11) is 2.17. The molecule has 2 fully saturated rings. The summed E-state index contributed by atoms with van der Waals surface area (Å²) in [6.45, 7) is 9.10. The molecule has 1 unspecified atom stereocenters. The summed E-state index contributed by atoms with van der Waals surface area (Å²) in [6.07, 6.45) is 2.77. The fraction of sp³-hybridized carbons (Fsp3) is 0.667. The van der Waals surface area contributed by atoms with Crippen molar-refractivity contribution in [1.82, 2.24) is 20.0 Å². The summed E-state index contributed by atoms with van der Waals surface area (Å²) in [5.74, 6) is 2.02. The van der Waals surface area contributed by atoms with Gasteiger partial charge in [0.05, 0.1) is 6.26 Å². The zero-order valence-corrected chi connectivity index (χ0v) is 15.3. The lowest BCUT2D eigenvalue weighted by molar-refractivity contribution is 0.0657. The highest BCUT2D eigenvalue weighted by Crippen LogP contribution is 2.15. The third-order valence-electron chi connectivity index (χ3n) is 4.92. The molecule has 7 nitrogen and oxygen atoms in total. The highest BCUT2D eigenvalue weighted by molar-refractivity contribution is 5.91. The molecule has 3 rings (SSSR count). The maximum absolute atomic E-state index is 12.4. The van der Waals surface area contributed by atoms with Crippen LogP contribution in [0.5, 0.6) is 0 Å². The van der Waals surface area contributed by atoms with Crippen LogP contribution in [0.25, 0.3) is 0 Å². The van der Waals surface area contributed by atoms with Crippen LogP contribution in [0.1, 0.15) is 23.9 Å². The number of hydrogen-bond acceptors (Lipinski definition) is 4. The molecule has 1 atom stereocenters. The van der Waals surface area contributed by atoms with Gasteiger partial charge in [-0.1, -0.05) is 0 Å². The lowest BCUT2D eigenvalue weighted by Crippen LogP contribution is -2.53. The van der Waals surface area contributed by atoms with E-state index in [0.29, 0.717) is 24.8 Å². The van der Waals surface area contributed by atoms with Crippen LogP contribution in [0.3, 0.4) is 0 Å². The minimum atomic E-state index is -0.0272. The molecular formula is C18H29N5O2. The zero-order chi connectivity index (χ0) is 17.6. The van der Waals surface area contributed by atoms with Crippen LogP contribution >= 0.6 is 0 Å². The van der Waals surface area contributed by atoms with Gasteiger partial charge in [-0.15, -0.1) is 0 Å². The molecule has 1 aromatic rings. The Morgan fingerprint density at radius 2 is 2.04 bits per heavy atom. The molecule has 1 N–H and O–H groups in total. The van der Waals surface area contributed by atoms with Gasteiger partial charge in [0.1, 0.15) is 0 Å². The SMILES string of the molecule is CCNC(=NCC1CCN(C)C1)N1CCN(C(=O)c2ccco2)CC1. The number of furan rings is 1. The van der Waals surface area contributed by atoms with E-state index in [0.717, 1.165) is 38.7 Å². The maximum Gasteiger partial charge on any atom is 0.289 e. The molecule has 0 aliphatic carbocycles. The van der Waals surface area contributed by atoms with Gasteiger partial charge in [-0.05, 0) is 45.0 Å². The van der Waals surface area contributed by atoms with E-state index < -0.39 is 0 Å². The van der Waals surface area contributed by atoms with Crippen LogP contribution in [0.15, 0.2) is 27.8 Å². The van der Waals surface area contributed by atoms with Gasteiger partial charge in [-0.2, -0.15) is 0 Å². The molecular weight excluding hydrogens is 318 g/mol. The molecule has 0 saturated carbocycles. The Bertz CT molecular complexity index is 578. The minimum absolute atomic E-state index is 0.0272. The average Bonchev–Trinajstić information content (AvgIpc) is 3.30. The summed E-state index contributed by atoms with van der Waals surface area (Å²) in [6, 6.07) is 3.47. The second-order valence-electron chi connectivity index (χ2n) is 6.87. The minimum Gasteiger partial charge on any atom is -0.459 e. The van der Waals surface area contributed by atoms with Crippen LogP contribution in [-0.4, -0.2) is 86.0 Å². The number of piperazine rings is 1. The summed E-state index contributed by atoms with van der Waals surface area (Å²) < 4.78 is 5.22. The number of amides is 1. The standard InChI is InChI=1S/C18H29N5O2/c1-3-19-18(20-13-15-6-7-21(2)14-15)23-10-8-22(9-11-23)17(24)16-5-4-12-25-16/h4-5,12,15H,3,6-11,13-14H2,1-2H3,(H,19,20). The molecule has 2 saturated heterocycles. The normalized spacial score (nSPS) is 22.5. The molecule has 0 spiro atoms. The van der Waals surface area contributed by atoms with Crippen molar-refractivity contribution in [1.29, 1.82) is 0 Å². The van der Waals surface area contributed by atoms with Gasteiger partial charge < -0.3 is 24.4 Å². The Hall–Kier alpha value is -2.02. The molecule has 0 bridgehead atoms. The molecule has 3 heterocycles. The number of nitrogens with one attached hydrogen (secondary N) is 1. The van der Waals surface area contributed by atoms with E-state index in [9.17, 15) is 4.79 Å². The number of rotatable bonds is 4. The summed E-state index contributed by atoms with van der Waals surface area (Å²) in [5, 5.41) is 3.40. The van der Waals surface area contributed by atoms with Crippen molar-refractivity contribution in [2.45, 2.75) is 13.3 Å². The van der Waals surface area contributed by atoms with Crippen molar-refractivity contribution in [2.24, 2.45) is 10.9 Å². The molecule has 1 aromatic heterocycles. The maximum atomic E-state index is 12.4. The lowest BCUT2D eigenvalue weighted by atomic mass is 10.1. The van der Waals surface area contributed by atoms with Gasteiger partial charge in [-0.25, -0.2) is 0 Å². The van der Waals surface area contributed by atoms with Crippen molar-refractivity contribution in [3.63, 3.8) is 0 Å². The van der Waals surface area contributed by atoms with E-state index in [1.165, 1.54) is 13.0 Å². The Morgan fingerprint density at radius 3 is 2.64 bits per heavy atom. The Kier molecular flexibility index (Phi) is 5.96. The van der Waals surface area contributed by atoms with Gasteiger partial charge >= 0.3 is 0 Å². The average molecular weight is 347 g/mol. The van der Waals surface area contributed by atoms with Crippen LogP contribution < -0.4 is 5.32 Å². The van der Waals surface area contributed by atoms with Crippen molar-refractivity contribution in [2.75, 3.05) is 59.4 Å². The second kappa shape index (κ2) is 8.38. The Balaban J connectivity index is 1.54. The third-order valence-corrected chi connectivity index (χ3v) is 4.92. The quantitative estimate of drug-likeness (QED) is 0.649. The van der Waals surface area contributed by atoms with Gasteiger partial charge in [-0.3, -0.25) is 9.79 Å². The topological polar surface area (TPSA) is 64.3 Å². The van der Waals surface area contributed by atoms with E-state index in [1.807, 2.05) is 4.90 Å². The number of carbonyl (C=O) groups is 1. The second-order valence-corrected chi connectivity index (χ2v) is 6.87. The molecule has 0 radical (unpaired) electrons. The van der Waals surface area contributed by atoms with Crippen LogP contribution in [0, 0.1) is 5.92 Å². The number of carbonyl (C=O) groups excluding carboxylic acids is 1. The summed E-state index contributed by atoms with van der Waals surface area (Å²) in [4.78, 5) is 23.7. The first-order valence-corrected chi connectivity index (χ1v) is 9.22. The molecule has 1 amide bonds. The van der Waals surface area contributed by atoms with E-state index in [2.05, 4.69) is 29.1 Å². The molecule has 7 heteroatoms. The Labute approximate surface area is 149 Å². The predicted octanol–water partition coefficient (Wildman–Crippen LogP) is 0.955. The smallest absolute Gasteiger partial charge is 0.289 e. The molecule has 2 aliphatic heterocycles. The number of guanidine groups is 1. The first kappa shape index (κ1) is 17.8. The van der Waals surface area contributed by atoms with Gasteiger partial charge in [0.2, 0.25) is 0 Å². The Morgan fingerprint density at radius 1 is 1.28 bits per heavy atom. The number of aliphatic imine (C=N–C) groups is 1. The van der Waals surface area contributed by atoms with Crippen LogP contribution in [-0.2, 0) is 0 Å². The highest BCUT2D eigenvalue weighted by Gasteiger charge is 2.25. The molecule has 25 heavy (non-hydrogen) atoms. The van der Waals surface area contributed by atoms with Crippen molar-refractivity contribution in [3.8, 4) is 0 Å². The monoisotopic (exact) mass is 347 g/mol. The third kappa shape index (κ3) is 4.54. The van der Waals surface area contributed by atoms with Crippen molar-refractivity contribution < 1.29 is 9.21 Å². The lowest BCUT2D eigenvalue weighted by Gasteiger charge is -2.36. The first-order chi connectivity index (χ1) is 12.2. The molecule has 2 aliphatic rings. The highest BCUT2D eigenvalue weighted by atomic mass is 16.3. The van der Waals surface area contributed by atoms with E-state index in [4.69, 9.17) is 9.41 Å². The van der Waals surface area contributed by atoms with Gasteiger partial charge in [0, 0.05) is 45.8 Å². The van der Waals surface area contributed by atoms with Gasteiger partial charge in [0.25, 0.3) is 5.91 Å². The number of likely N-dealkylation sites (tertiary alicyclic amines) is 1. The van der Waals surface area contributed by atoms with E-state index in [-0.39, 0.29) is 5.91 Å². The van der Waals surface area contributed by atoms with E-state index >= 15 is 0 Å². The largest absolute Gasteiger partial charge is 0.459 e. The summed E-state index contributed by atoms with van der Waals surface area (Å²) in [5.41, 5.74) is 0. The fourth-order valence-electron chi connectivity index (χ4n) is 3.49. The van der Waals surface area contributed by atoms with Crippen LogP contribution in [0.4, 0.5) is 0 Å². The zero-order valence-electron chi connectivity index (χ0n) is 15.3. The van der Waals surface area contributed by atoms with Gasteiger partial charge in [0.15, 0.2) is 11.7 Å². The number of hydrogen-bond donors (Lipinski definition) is 1. The van der Waals surface area contributed by atoms with E-state index in [1.54, 1.807) is 18.4 Å². The molecule has 138 valence electrons. The predicted molar refractivity (Wildman–Crippen MR) is 97.8 cm³/mol. The van der Waals surface area contributed by atoms with Crippen molar-refractivity contribution >= 4 is 11.9 Å². The summed E-state index contributed by atoms with van der Waals surface area (Å²) >= 11 is 0. The number of nitrogens with zero attached hydrogens (tertiary/aromatic N) is 4. The van der Waals surface area contributed by atoms with Crippen molar-refractivity contribution in [3.05, 3.63) is 24.2 Å². The molecule has 0 aromatic carbocycles. The fourth-order valence-corrected chi connectivity index (χ4v) is 3.49. The first-order valence-electron chi connectivity index (χ1n) is 9.22. The van der Waals surface area contributed by atoms with Crippen LogP contribution in [0.2, 0.25) is 0 Å².